The van der Waals surface area contributed by atoms with Crippen LogP contribution in [0.4, 0.5) is 5.82 Å². The Morgan fingerprint density at radius 3 is 2.74 bits per heavy atom. The number of nitrogens with zero attached hydrogens (tertiary/aromatic N) is 3. The highest BCUT2D eigenvalue weighted by Gasteiger charge is 2.11. The molecule has 9 heteroatoms. The molecule has 0 unspecified atom stereocenters. The average Bonchev–Trinajstić information content (AvgIpc) is 2.95. The van der Waals surface area contributed by atoms with Crippen LogP contribution in [-0.2, 0) is 16.6 Å². The van der Waals surface area contributed by atoms with Gasteiger partial charge in [0.2, 0.25) is 10.0 Å². The number of hydrogen-bond donors (Lipinski definition) is 2. The van der Waals surface area contributed by atoms with Crippen LogP contribution in [0.3, 0.4) is 0 Å². The highest BCUT2D eigenvalue weighted by Crippen LogP contribution is 2.14. The van der Waals surface area contributed by atoms with Gasteiger partial charge in [0.25, 0.3) is 0 Å². The Hall–Kier alpha value is -1.97. The zero-order valence-electron chi connectivity index (χ0n) is 12.2. The van der Waals surface area contributed by atoms with E-state index >= 15 is 0 Å². The maximum absolute atomic E-state index is 11.6. The van der Waals surface area contributed by atoms with Crippen LogP contribution in [0.15, 0.2) is 52.2 Å². The molecule has 0 amide bonds. The predicted octanol–water partition coefficient (Wildman–Crippen LogP) is 2.01. The van der Waals surface area contributed by atoms with Crippen molar-refractivity contribution in [1.29, 1.82) is 0 Å². The minimum atomic E-state index is -3.46. The van der Waals surface area contributed by atoms with Crippen LogP contribution < -0.4 is 10.0 Å². The second kappa shape index (κ2) is 6.26. The quantitative estimate of drug-likeness (QED) is 0.689. The summed E-state index contributed by atoms with van der Waals surface area (Å²) in [5, 5.41) is 3.12. The predicted molar refractivity (Wildman–Crippen MR) is 90.7 cm³/mol. The topological polar surface area (TPSA) is 88.4 Å². The van der Waals surface area contributed by atoms with Crippen molar-refractivity contribution in [3.05, 3.63) is 53.0 Å². The van der Waals surface area contributed by atoms with Gasteiger partial charge in [-0.05, 0) is 47.2 Å². The molecule has 0 spiro atoms. The molecule has 3 aromatic heterocycles. The lowest BCUT2D eigenvalue weighted by Crippen LogP contribution is -2.18. The number of halogens is 1. The molecule has 3 heterocycles. The van der Waals surface area contributed by atoms with Gasteiger partial charge in [0.15, 0.2) is 0 Å². The number of sulfonamides is 1. The third-order valence-corrected chi connectivity index (χ3v) is 5.10. The highest BCUT2D eigenvalue weighted by molar-refractivity contribution is 9.10. The molecule has 0 aliphatic heterocycles. The summed E-state index contributed by atoms with van der Waals surface area (Å²) in [6.07, 6.45) is 5.17. The molecule has 23 heavy (non-hydrogen) atoms. The molecule has 0 saturated carbocycles. The van der Waals surface area contributed by atoms with Crippen LogP contribution >= 0.6 is 15.9 Å². The van der Waals surface area contributed by atoms with Gasteiger partial charge in [0.1, 0.15) is 16.4 Å². The van der Waals surface area contributed by atoms with Gasteiger partial charge in [0, 0.05) is 23.1 Å². The van der Waals surface area contributed by atoms with E-state index in [1.165, 1.54) is 19.3 Å². The Morgan fingerprint density at radius 2 is 2.04 bits per heavy atom. The van der Waals surface area contributed by atoms with E-state index in [0.29, 0.717) is 12.4 Å². The van der Waals surface area contributed by atoms with Gasteiger partial charge >= 0.3 is 0 Å². The van der Waals surface area contributed by atoms with Crippen molar-refractivity contribution >= 4 is 37.4 Å². The van der Waals surface area contributed by atoms with Crippen molar-refractivity contribution in [3.63, 3.8) is 0 Å². The van der Waals surface area contributed by atoms with E-state index in [1.54, 1.807) is 6.07 Å². The Kier molecular flexibility index (Phi) is 4.33. The monoisotopic (exact) mass is 395 g/mol. The van der Waals surface area contributed by atoms with Crippen LogP contribution in [0, 0.1) is 0 Å². The van der Waals surface area contributed by atoms with Gasteiger partial charge in [-0.3, -0.25) is 0 Å². The summed E-state index contributed by atoms with van der Waals surface area (Å²) in [5.41, 5.74) is 1.71. The van der Waals surface area contributed by atoms with E-state index < -0.39 is 10.0 Å². The summed E-state index contributed by atoms with van der Waals surface area (Å²) in [5.74, 6) is 0.582. The number of rotatable bonds is 5. The summed E-state index contributed by atoms with van der Waals surface area (Å²) >= 11 is 3.42. The average molecular weight is 396 g/mol. The zero-order chi connectivity index (χ0) is 16.4. The van der Waals surface area contributed by atoms with Crippen molar-refractivity contribution in [2.45, 2.75) is 11.4 Å². The molecule has 2 N–H and O–H groups in total. The number of anilines is 1. The fourth-order valence-corrected chi connectivity index (χ4v) is 3.07. The van der Waals surface area contributed by atoms with Gasteiger partial charge in [-0.15, -0.1) is 0 Å². The fraction of sp³-hybridized carbons (Fsp3) is 0.143. The second-order valence-corrected chi connectivity index (χ2v) is 7.59. The van der Waals surface area contributed by atoms with Gasteiger partial charge in [-0.25, -0.2) is 23.1 Å². The standard InChI is InChI=1S/C14H14BrN5O2S/c1-16-23(21,22)12-3-4-13(18-7-12)17-6-11-9-20-8-10(15)2-5-14(20)19-11/h2-5,7-9,16H,6H2,1H3,(H,17,18). The highest BCUT2D eigenvalue weighted by atomic mass is 79.9. The first kappa shape index (κ1) is 15.9. The molecule has 0 fully saturated rings. The van der Waals surface area contributed by atoms with E-state index in [1.807, 2.05) is 28.9 Å². The summed E-state index contributed by atoms with van der Waals surface area (Å²) < 4.78 is 28.4. The van der Waals surface area contributed by atoms with Crippen molar-refractivity contribution in [1.82, 2.24) is 19.1 Å². The molecule has 7 nitrogen and oxygen atoms in total. The van der Waals surface area contributed by atoms with Crippen molar-refractivity contribution in [2.24, 2.45) is 0 Å². The summed E-state index contributed by atoms with van der Waals surface area (Å²) in [6, 6.07) is 6.98. The van der Waals surface area contributed by atoms with Crippen molar-refractivity contribution < 1.29 is 8.42 Å². The molecule has 0 aliphatic rings. The Morgan fingerprint density at radius 1 is 1.22 bits per heavy atom. The number of hydrogen-bond acceptors (Lipinski definition) is 5. The third-order valence-electron chi connectivity index (χ3n) is 3.23. The van der Waals surface area contributed by atoms with E-state index in [0.717, 1.165) is 15.8 Å². The van der Waals surface area contributed by atoms with Crippen molar-refractivity contribution in [3.8, 4) is 0 Å². The lowest BCUT2D eigenvalue weighted by molar-refractivity contribution is 0.588. The summed E-state index contributed by atoms with van der Waals surface area (Å²) in [7, 11) is -2.10. The largest absolute Gasteiger partial charge is 0.364 e. The smallest absolute Gasteiger partial charge is 0.241 e. The molecule has 3 rings (SSSR count). The maximum Gasteiger partial charge on any atom is 0.241 e. The lowest BCUT2D eigenvalue weighted by Gasteiger charge is -2.05. The lowest BCUT2D eigenvalue weighted by atomic mass is 10.4. The number of aromatic nitrogens is 3. The second-order valence-electron chi connectivity index (χ2n) is 4.79. The van der Waals surface area contributed by atoms with E-state index in [-0.39, 0.29) is 4.90 Å². The molecule has 0 aliphatic carbocycles. The molecule has 0 bridgehead atoms. The Labute approximate surface area is 142 Å². The molecule has 0 radical (unpaired) electrons. The SMILES string of the molecule is CNS(=O)(=O)c1ccc(NCc2cn3cc(Br)ccc3n2)nc1. The van der Waals surface area contributed by atoms with Gasteiger partial charge in [0.05, 0.1) is 12.2 Å². The molecular weight excluding hydrogens is 382 g/mol. The molecule has 0 atom stereocenters. The third kappa shape index (κ3) is 3.52. The zero-order valence-corrected chi connectivity index (χ0v) is 14.6. The number of fused-ring (bicyclic) bond motifs is 1. The first-order valence-electron chi connectivity index (χ1n) is 6.74. The number of pyridine rings is 2. The first-order chi connectivity index (χ1) is 11.0. The van der Waals surface area contributed by atoms with Crippen LogP contribution in [0.1, 0.15) is 5.69 Å². The van der Waals surface area contributed by atoms with E-state index in [9.17, 15) is 8.42 Å². The van der Waals surface area contributed by atoms with Crippen LogP contribution in [0.2, 0.25) is 0 Å². The summed E-state index contributed by atoms with van der Waals surface area (Å²) in [6.45, 7) is 0.490. The molecule has 3 aromatic rings. The normalized spacial score (nSPS) is 11.7. The molecule has 0 saturated heterocycles. The molecular formula is C14H14BrN5O2S. The van der Waals surface area contributed by atoms with E-state index in [4.69, 9.17) is 0 Å². The maximum atomic E-state index is 11.6. The fourth-order valence-electron chi connectivity index (χ4n) is 2.05. The minimum absolute atomic E-state index is 0.128. The van der Waals surface area contributed by atoms with Crippen LogP contribution in [0.5, 0.6) is 0 Å². The first-order valence-corrected chi connectivity index (χ1v) is 9.02. The number of imidazole rings is 1. The van der Waals surface area contributed by atoms with Gasteiger partial charge in [-0.2, -0.15) is 0 Å². The molecule has 0 aromatic carbocycles. The van der Waals surface area contributed by atoms with Gasteiger partial charge < -0.3 is 9.72 Å². The van der Waals surface area contributed by atoms with E-state index in [2.05, 4.69) is 35.9 Å². The Balaban J connectivity index is 1.72. The van der Waals surface area contributed by atoms with Crippen LogP contribution in [-0.4, -0.2) is 29.8 Å². The molecule has 120 valence electrons. The van der Waals surface area contributed by atoms with Crippen molar-refractivity contribution in [2.75, 3.05) is 12.4 Å². The summed E-state index contributed by atoms with van der Waals surface area (Å²) in [4.78, 5) is 8.72. The van der Waals surface area contributed by atoms with Crippen LogP contribution in [0.25, 0.3) is 5.65 Å². The number of nitrogens with one attached hydrogen (secondary N) is 2. The minimum Gasteiger partial charge on any atom is -0.364 e. The van der Waals surface area contributed by atoms with Gasteiger partial charge in [-0.1, -0.05) is 0 Å². The Bertz CT molecular complexity index is 937.